The lowest BCUT2D eigenvalue weighted by Gasteiger charge is -2.45. The molecule has 0 unspecified atom stereocenters. The van der Waals surface area contributed by atoms with Gasteiger partial charge in [-0.25, -0.2) is 0 Å². The van der Waals surface area contributed by atoms with E-state index < -0.39 is 0 Å². The van der Waals surface area contributed by atoms with E-state index in [9.17, 15) is 0 Å². The van der Waals surface area contributed by atoms with Crippen LogP contribution in [0.2, 0.25) is 0 Å². The van der Waals surface area contributed by atoms with Gasteiger partial charge in [0.15, 0.2) is 0 Å². The van der Waals surface area contributed by atoms with Gasteiger partial charge >= 0.3 is 0 Å². The molecule has 0 aliphatic heterocycles. The van der Waals surface area contributed by atoms with Crippen molar-refractivity contribution in [2.45, 2.75) is 66.7 Å². The molecule has 0 radical (unpaired) electrons. The van der Waals surface area contributed by atoms with E-state index in [1.165, 1.54) is 32.1 Å². The zero-order chi connectivity index (χ0) is 10.1. The lowest BCUT2D eigenvalue weighted by atomic mass is 9.61. The lowest BCUT2D eigenvalue weighted by molar-refractivity contribution is 0.0636. The molecule has 0 aromatic rings. The number of hydrogen-bond donors (Lipinski definition) is 0. The van der Waals surface area contributed by atoms with Gasteiger partial charge in [-0.1, -0.05) is 47.5 Å². The highest BCUT2D eigenvalue weighted by molar-refractivity contribution is 4.88. The first-order valence-electron chi connectivity index (χ1n) is 5.85. The Morgan fingerprint density at radius 3 is 1.85 bits per heavy atom. The highest BCUT2D eigenvalue weighted by atomic mass is 14.4. The average Bonchev–Trinajstić information content (AvgIpc) is 1.78. The molecule has 1 aliphatic carbocycles. The van der Waals surface area contributed by atoms with E-state index in [-0.39, 0.29) is 0 Å². The molecule has 1 rings (SSSR count). The first kappa shape index (κ1) is 11.1. The van der Waals surface area contributed by atoms with E-state index in [1.54, 1.807) is 0 Å². The van der Waals surface area contributed by atoms with Gasteiger partial charge in [0.05, 0.1) is 0 Å². The van der Waals surface area contributed by atoms with Crippen molar-refractivity contribution in [3.8, 4) is 0 Å². The molecule has 78 valence electrons. The van der Waals surface area contributed by atoms with Crippen LogP contribution >= 0.6 is 0 Å². The van der Waals surface area contributed by atoms with E-state index in [2.05, 4.69) is 34.6 Å². The summed E-state index contributed by atoms with van der Waals surface area (Å²) in [4.78, 5) is 0. The number of hydrogen-bond acceptors (Lipinski definition) is 0. The van der Waals surface area contributed by atoms with Crippen LogP contribution in [0.3, 0.4) is 0 Å². The van der Waals surface area contributed by atoms with E-state index >= 15 is 0 Å². The smallest absolute Gasteiger partial charge is 0.0347 e. The maximum Gasteiger partial charge on any atom is -0.0347 e. The summed E-state index contributed by atoms with van der Waals surface area (Å²) in [6, 6.07) is 0. The Morgan fingerprint density at radius 1 is 1.00 bits per heavy atom. The fraction of sp³-hybridized carbons (Fsp3) is 1.00. The normalized spacial score (nSPS) is 27.5. The van der Waals surface area contributed by atoms with Crippen LogP contribution in [0.4, 0.5) is 0 Å². The van der Waals surface area contributed by atoms with Crippen LogP contribution in [0.1, 0.15) is 66.7 Å². The minimum absolute atomic E-state index is 0.585. The van der Waals surface area contributed by atoms with Crippen molar-refractivity contribution < 1.29 is 0 Å². The predicted octanol–water partition coefficient (Wildman–Crippen LogP) is 4.64. The fourth-order valence-corrected chi connectivity index (χ4v) is 3.69. The maximum absolute atomic E-state index is 2.44. The van der Waals surface area contributed by atoms with Gasteiger partial charge < -0.3 is 0 Å². The lowest BCUT2D eigenvalue weighted by Crippen LogP contribution is -2.33. The summed E-state index contributed by atoms with van der Waals surface area (Å²) in [6.07, 6.45) is 7.10. The van der Waals surface area contributed by atoms with Crippen LogP contribution in [-0.2, 0) is 0 Å². The highest BCUT2D eigenvalue weighted by Gasteiger charge is 2.37. The Balaban J connectivity index is 2.61. The molecule has 0 nitrogen and oxygen atoms in total. The van der Waals surface area contributed by atoms with Crippen molar-refractivity contribution >= 4 is 0 Å². The van der Waals surface area contributed by atoms with E-state index in [1.807, 2.05) is 0 Å². The van der Waals surface area contributed by atoms with Gasteiger partial charge in [0.1, 0.15) is 0 Å². The monoisotopic (exact) mass is 182 g/mol. The van der Waals surface area contributed by atoms with Crippen LogP contribution < -0.4 is 0 Å². The topological polar surface area (TPSA) is 0 Å². The Morgan fingerprint density at radius 2 is 1.46 bits per heavy atom. The van der Waals surface area contributed by atoms with Crippen LogP contribution in [-0.4, -0.2) is 0 Å². The Kier molecular flexibility index (Phi) is 3.09. The van der Waals surface area contributed by atoms with Crippen molar-refractivity contribution in [1.29, 1.82) is 0 Å². The summed E-state index contributed by atoms with van der Waals surface area (Å²) in [6.45, 7) is 12.1. The molecule has 1 fully saturated rings. The third kappa shape index (κ3) is 3.32. The SMILES string of the molecule is CCCC1CC(C)(C)CC(C)(C)C1. The largest absolute Gasteiger partial charge is 0.0654 e. The van der Waals surface area contributed by atoms with Gasteiger partial charge in [0.2, 0.25) is 0 Å². The molecule has 0 atom stereocenters. The third-order valence-corrected chi connectivity index (χ3v) is 3.34. The zero-order valence-corrected chi connectivity index (χ0v) is 10.1. The Bertz CT molecular complexity index is 149. The second-order valence-electron chi connectivity index (χ2n) is 6.57. The minimum Gasteiger partial charge on any atom is -0.0654 e. The highest BCUT2D eigenvalue weighted by Crippen LogP contribution is 2.49. The fourth-order valence-electron chi connectivity index (χ4n) is 3.69. The van der Waals surface area contributed by atoms with Gasteiger partial charge in [0.25, 0.3) is 0 Å². The molecule has 0 spiro atoms. The molecule has 1 aliphatic rings. The summed E-state index contributed by atoms with van der Waals surface area (Å²) in [5.41, 5.74) is 1.17. The van der Waals surface area contributed by atoms with Gasteiger partial charge in [-0.15, -0.1) is 0 Å². The predicted molar refractivity (Wildman–Crippen MR) is 59.8 cm³/mol. The molecule has 0 amide bonds. The Hall–Kier alpha value is 0. The molecule has 0 aromatic carbocycles. The molecule has 0 aromatic heterocycles. The molecule has 0 saturated heterocycles. The van der Waals surface area contributed by atoms with Crippen LogP contribution in [0.15, 0.2) is 0 Å². The molecular weight excluding hydrogens is 156 g/mol. The average molecular weight is 182 g/mol. The molecule has 0 heteroatoms. The first-order chi connectivity index (χ1) is 5.85. The molecule has 1 saturated carbocycles. The zero-order valence-electron chi connectivity index (χ0n) is 10.1. The molecule has 13 heavy (non-hydrogen) atoms. The summed E-state index contributed by atoms with van der Waals surface area (Å²) in [5, 5.41) is 0. The molecule has 0 bridgehead atoms. The summed E-state index contributed by atoms with van der Waals surface area (Å²) in [5.74, 6) is 0.990. The molecule has 0 N–H and O–H groups in total. The molecular formula is C13H26. The Labute approximate surface area is 84.1 Å². The van der Waals surface area contributed by atoms with Gasteiger partial charge in [0, 0.05) is 0 Å². The van der Waals surface area contributed by atoms with Crippen molar-refractivity contribution in [3.63, 3.8) is 0 Å². The van der Waals surface area contributed by atoms with Crippen molar-refractivity contribution in [2.24, 2.45) is 16.7 Å². The number of rotatable bonds is 2. The quantitative estimate of drug-likeness (QED) is 0.583. The van der Waals surface area contributed by atoms with Crippen molar-refractivity contribution in [1.82, 2.24) is 0 Å². The second-order valence-corrected chi connectivity index (χ2v) is 6.57. The van der Waals surface area contributed by atoms with E-state index in [0.717, 1.165) is 5.92 Å². The standard InChI is InChI=1S/C13H26/c1-6-7-11-8-12(2,3)10-13(4,5)9-11/h11H,6-10H2,1-5H3. The minimum atomic E-state index is 0.585. The second kappa shape index (κ2) is 3.63. The van der Waals surface area contributed by atoms with E-state index in [4.69, 9.17) is 0 Å². The van der Waals surface area contributed by atoms with Gasteiger partial charge in [-0.3, -0.25) is 0 Å². The first-order valence-corrected chi connectivity index (χ1v) is 5.85. The van der Waals surface area contributed by atoms with E-state index in [0.29, 0.717) is 10.8 Å². The summed E-state index contributed by atoms with van der Waals surface area (Å²) in [7, 11) is 0. The van der Waals surface area contributed by atoms with Crippen LogP contribution in [0, 0.1) is 16.7 Å². The maximum atomic E-state index is 2.44. The summed E-state index contributed by atoms with van der Waals surface area (Å²) >= 11 is 0. The van der Waals surface area contributed by atoms with Gasteiger partial charge in [-0.05, 0) is 36.0 Å². The third-order valence-electron chi connectivity index (χ3n) is 3.34. The summed E-state index contributed by atoms with van der Waals surface area (Å²) < 4.78 is 0. The molecule has 0 heterocycles. The van der Waals surface area contributed by atoms with Crippen LogP contribution in [0.25, 0.3) is 0 Å². The van der Waals surface area contributed by atoms with Gasteiger partial charge in [-0.2, -0.15) is 0 Å². The van der Waals surface area contributed by atoms with Crippen molar-refractivity contribution in [2.75, 3.05) is 0 Å². The van der Waals surface area contributed by atoms with Crippen molar-refractivity contribution in [3.05, 3.63) is 0 Å². The van der Waals surface area contributed by atoms with Crippen LogP contribution in [0.5, 0.6) is 0 Å².